The second-order valence-corrected chi connectivity index (χ2v) is 6.27. The maximum atomic E-state index is 12.1. The van der Waals surface area contributed by atoms with Crippen molar-refractivity contribution in [3.63, 3.8) is 0 Å². The number of amides is 2. The summed E-state index contributed by atoms with van der Waals surface area (Å²) in [5, 5.41) is 3.05. The molecule has 0 aliphatic carbocycles. The molecule has 1 fully saturated rings. The van der Waals surface area contributed by atoms with Gasteiger partial charge in [-0.3, -0.25) is 9.59 Å². The predicted octanol–water partition coefficient (Wildman–Crippen LogP) is 2.05. The van der Waals surface area contributed by atoms with Crippen molar-refractivity contribution in [2.45, 2.75) is 39.7 Å². The molecule has 1 aromatic heterocycles. The number of rotatable bonds is 2. The molecule has 1 N–H and O–H groups in total. The van der Waals surface area contributed by atoms with E-state index in [0.717, 1.165) is 12.8 Å². The van der Waals surface area contributed by atoms with Crippen LogP contribution in [0.25, 0.3) is 0 Å². The number of hydrogen-bond acceptors (Lipinski definition) is 3. The average molecular weight is 278 g/mol. The molecule has 5 nitrogen and oxygen atoms in total. The molecule has 0 bridgehead atoms. The monoisotopic (exact) mass is 278 g/mol. The van der Waals surface area contributed by atoms with Gasteiger partial charge in [0.15, 0.2) is 5.76 Å². The van der Waals surface area contributed by atoms with Gasteiger partial charge in [-0.15, -0.1) is 0 Å². The summed E-state index contributed by atoms with van der Waals surface area (Å²) in [6.07, 6.45) is 3.08. The Balaban J connectivity index is 1.84. The zero-order valence-corrected chi connectivity index (χ0v) is 12.3. The number of nitrogens with zero attached hydrogens (tertiary/aromatic N) is 1. The maximum absolute atomic E-state index is 12.1. The van der Waals surface area contributed by atoms with E-state index in [0.29, 0.717) is 18.8 Å². The minimum absolute atomic E-state index is 0.0633. The molecule has 2 heterocycles. The highest BCUT2D eigenvalue weighted by molar-refractivity contribution is 5.91. The molecule has 0 aromatic carbocycles. The lowest BCUT2D eigenvalue weighted by Gasteiger charge is -2.33. The quantitative estimate of drug-likeness (QED) is 0.900. The largest absolute Gasteiger partial charge is 0.459 e. The molecule has 1 aromatic rings. The summed E-state index contributed by atoms with van der Waals surface area (Å²) < 4.78 is 5.12. The minimum Gasteiger partial charge on any atom is -0.459 e. The summed E-state index contributed by atoms with van der Waals surface area (Å²) in [4.78, 5) is 25.8. The molecule has 2 rings (SSSR count). The van der Waals surface area contributed by atoms with Gasteiger partial charge in [-0.1, -0.05) is 20.8 Å². The SMILES string of the molecule is CC(C)(C)C(=O)NC1CCN(C(=O)c2ccco2)CC1. The van der Waals surface area contributed by atoms with Crippen LogP contribution < -0.4 is 5.32 Å². The first kappa shape index (κ1) is 14.6. The van der Waals surface area contributed by atoms with Crippen molar-refractivity contribution in [1.82, 2.24) is 10.2 Å². The van der Waals surface area contributed by atoms with E-state index in [2.05, 4.69) is 5.32 Å². The number of carbonyl (C=O) groups is 2. The van der Waals surface area contributed by atoms with E-state index in [-0.39, 0.29) is 23.3 Å². The molecule has 5 heteroatoms. The van der Waals surface area contributed by atoms with Crippen molar-refractivity contribution < 1.29 is 14.0 Å². The van der Waals surface area contributed by atoms with Crippen LogP contribution in [0.15, 0.2) is 22.8 Å². The highest BCUT2D eigenvalue weighted by atomic mass is 16.3. The summed E-state index contributed by atoms with van der Waals surface area (Å²) in [6.45, 7) is 7.00. The number of furan rings is 1. The lowest BCUT2D eigenvalue weighted by Crippen LogP contribution is -2.48. The molecule has 2 amide bonds. The zero-order chi connectivity index (χ0) is 14.8. The Morgan fingerprint density at radius 2 is 1.95 bits per heavy atom. The van der Waals surface area contributed by atoms with Gasteiger partial charge in [-0.05, 0) is 25.0 Å². The number of hydrogen-bond donors (Lipinski definition) is 1. The Kier molecular flexibility index (Phi) is 4.16. The van der Waals surface area contributed by atoms with E-state index in [1.807, 2.05) is 20.8 Å². The van der Waals surface area contributed by atoms with Crippen LogP contribution in [0, 0.1) is 5.41 Å². The summed E-state index contributed by atoms with van der Waals surface area (Å²) in [5.41, 5.74) is -0.374. The van der Waals surface area contributed by atoms with Crippen LogP contribution in [-0.2, 0) is 4.79 Å². The van der Waals surface area contributed by atoms with Gasteiger partial charge in [-0.2, -0.15) is 0 Å². The van der Waals surface area contributed by atoms with Gasteiger partial charge >= 0.3 is 0 Å². The van der Waals surface area contributed by atoms with Crippen LogP contribution in [0.2, 0.25) is 0 Å². The normalized spacial score (nSPS) is 17.1. The van der Waals surface area contributed by atoms with Crippen molar-refractivity contribution in [2.75, 3.05) is 13.1 Å². The third-order valence-corrected chi connectivity index (χ3v) is 3.53. The van der Waals surface area contributed by atoms with Crippen LogP contribution >= 0.6 is 0 Å². The minimum atomic E-state index is -0.374. The Morgan fingerprint density at radius 1 is 1.30 bits per heavy atom. The van der Waals surface area contributed by atoms with E-state index in [9.17, 15) is 9.59 Å². The van der Waals surface area contributed by atoms with Crippen LogP contribution in [-0.4, -0.2) is 35.8 Å². The van der Waals surface area contributed by atoms with E-state index in [4.69, 9.17) is 4.42 Å². The lowest BCUT2D eigenvalue weighted by molar-refractivity contribution is -0.129. The van der Waals surface area contributed by atoms with E-state index >= 15 is 0 Å². The molecule has 1 aliphatic rings. The van der Waals surface area contributed by atoms with Crippen molar-refractivity contribution in [1.29, 1.82) is 0 Å². The molecule has 1 saturated heterocycles. The smallest absolute Gasteiger partial charge is 0.289 e. The van der Waals surface area contributed by atoms with Gasteiger partial charge in [0.05, 0.1) is 6.26 Å². The summed E-state index contributed by atoms with van der Waals surface area (Å²) >= 11 is 0. The molecular weight excluding hydrogens is 256 g/mol. The highest BCUT2D eigenvalue weighted by Crippen LogP contribution is 2.17. The number of piperidine rings is 1. The summed E-state index contributed by atoms with van der Waals surface area (Å²) in [6, 6.07) is 3.54. The van der Waals surface area contributed by atoms with Crippen molar-refractivity contribution >= 4 is 11.8 Å². The van der Waals surface area contributed by atoms with Gasteiger partial charge < -0.3 is 14.6 Å². The second-order valence-electron chi connectivity index (χ2n) is 6.27. The first-order chi connectivity index (χ1) is 9.38. The molecule has 1 aliphatic heterocycles. The Bertz CT molecular complexity index is 466. The van der Waals surface area contributed by atoms with E-state index < -0.39 is 0 Å². The van der Waals surface area contributed by atoms with Gasteiger partial charge in [0.2, 0.25) is 5.91 Å². The van der Waals surface area contributed by atoms with Crippen molar-refractivity contribution in [2.24, 2.45) is 5.41 Å². The predicted molar refractivity (Wildman–Crippen MR) is 75.2 cm³/mol. The van der Waals surface area contributed by atoms with Gasteiger partial charge in [-0.25, -0.2) is 0 Å². The first-order valence-corrected chi connectivity index (χ1v) is 7.01. The molecule has 0 unspecified atom stereocenters. The van der Waals surface area contributed by atoms with Crippen LogP contribution in [0.5, 0.6) is 0 Å². The lowest BCUT2D eigenvalue weighted by atomic mass is 9.94. The Morgan fingerprint density at radius 3 is 2.45 bits per heavy atom. The molecule has 20 heavy (non-hydrogen) atoms. The summed E-state index contributed by atoms with van der Waals surface area (Å²) in [7, 11) is 0. The Hall–Kier alpha value is -1.78. The topological polar surface area (TPSA) is 62.6 Å². The fraction of sp³-hybridized carbons (Fsp3) is 0.600. The van der Waals surface area contributed by atoms with Gasteiger partial charge in [0.1, 0.15) is 0 Å². The second kappa shape index (κ2) is 5.69. The van der Waals surface area contributed by atoms with Crippen LogP contribution in [0.3, 0.4) is 0 Å². The van der Waals surface area contributed by atoms with Crippen molar-refractivity contribution in [3.05, 3.63) is 24.2 Å². The number of likely N-dealkylation sites (tertiary alicyclic amines) is 1. The fourth-order valence-electron chi connectivity index (χ4n) is 2.18. The maximum Gasteiger partial charge on any atom is 0.289 e. The van der Waals surface area contributed by atoms with Gasteiger partial charge in [0, 0.05) is 24.5 Å². The molecule has 0 radical (unpaired) electrons. The molecule has 110 valence electrons. The van der Waals surface area contributed by atoms with E-state index in [1.54, 1.807) is 17.0 Å². The van der Waals surface area contributed by atoms with E-state index in [1.165, 1.54) is 6.26 Å². The van der Waals surface area contributed by atoms with Crippen LogP contribution in [0.1, 0.15) is 44.2 Å². The standard InChI is InChI=1S/C15H22N2O3/c1-15(2,3)14(19)16-11-6-8-17(9-7-11)13(18)12-5-4-10-20-12/h4-5,10-11H,6-9H2,1-3H3,(H,16,19). The number of carbonyl (C=O) groups excluding carboxylic acids is 2. The molecule has 0 atom stereocenters. The molecular formula is C15H22N2O3. The number of nitrogens with one attached hydrogen (secondary N) is 1. The highest BCUT2D eigenvalue weighted by Gasteiger charge is 2.28. The molecule has 0 spiro atoms. The fourth-order valence-corrected chi connectivity index (χ4v) is 2.18. The zero-order valence-electron chi connectivity index (χ0n) is 12.3. The summed E-state index contributed by atoms with van der Waals surface area (Å²) in [5.74, 6) is 0.367. The molecule has 0 saturated carbocycles. The Labute approximate surface area is 119 Å². The van der Waals surface area contributed by atoms with Gasteiger partial charge in [0.25, 0.3) is 5.91 Å². The first-order valence-electron chi connectivity index (χ1n) is 7.01. The third-order valence-electron chi connectivity index (χ3n) is 3.53. The van der Waals surface area contributed by atoms with Crippen LogP contribution in [0.4, 0.5) is 0 Å². The average Bonchev–Trinajstić information content (AvgIpc) is 2.91. The third kappa shape index (κ3) is 3.40. The van der Waals surface area contributed by atoms with Crippen molar-refractivity contribution in [3.8, 4) is 0 Å².